The van der Waals surface area contributed by atoms with Gasteiger partial charge in [0.05, 0.1) is 11.9 Å². The molecule has 0 unspecified atom stereocenters. The summed E-state index contributed by atoms with van der Waals surface area (Å²) < 4.78 is 11.8. The zero-order valence-corrected chi connectivity index (χ0v) is 9.95. The van der Waals surface area contributed by atoms with Gasteiger partial charge in [0.1, 0.15) is 5.75 Å². The normalized spacial score (nSPS) is 10.1. The lowest BCUT2D eigenvalue weighted by molar-refractivity contribution is 0.209. The number of ether oxygens (including phenoxy) is 2. The second-order valence-electron chi connectivity index (χ2n) is 3.60. The monoisotopic (exact) mass is 248 g/mol. The molecule has 0 aliphatic heterocycles. The molecule has 18 heavy (non-hydrogen) atoms. The Hall–Kier alpha value is -2.57. The van der Waals surface area contributed by atoms with Gasteiger partial charge in [-0.25, -0.2) is 14.5 Å². The van der Waals surface area contributed by atoms with Crippen LogP contribution in [0.1, 0.15) is 5.69 Å². The Morgan fingerprint density at radius 2 is 2.22 bits per heavy atom. The first-order valence-electron chi connectivity index (χ1n) is 5.16. The molecule has 0 aromatic carbocycles. The lowest BCUT2D eigenvalue weighted by Crippen LogP contribution is -2.16. The van der Waals surface area contributed by atoms with E-state index in [1.54, 1.807) is 23.9 Å². The van der Waals surface area contributed by atoms with Gasteiger partial charge < -0.3 is 15.2 Å². The predicted octanol–water partition coefficient (Wildman–Crippen LogP) is 1.37. The molecule has 7 heteroatoms. The van der Waals surface area contributed by atoms with E-state index in [9.17, 15) is 4.79 Å². The fourth-order valence-electron chi connectivity index (χ4n) is 1.39. The number of hydrogen-bond acceptors (Lipinski definition) is 5. The number of hydrogen-bond donors (Lipinski definition) is 1. The summed E-state index contributed by atoms with van der Waals surface area (Å²) >= 11 is 0. The van der Waals surface area contributed by atoms with Crippen molar-refractivity contribution in [3.05, 3.63) is 30.1 Å². The number of nitrogens with two attached hydrogens (primary N) is 1. The van der Waals surface area contributed by atoms with Crippen LogP contribution in [0.2, 0.25) is 0 Å². The van der Waals surface area contributed by atoms with Crippen molar-refractivity contribution in [3.8, 4) is 17.5 Å². The van der Waals surface area contributed by atoms with Crippen molar-refractivity contribution in [3.63, 3.8) is 0 Å². The molecule has 7 nitrogen and oxygen atoms in total. The topological polar surface area (TPSA) is 92.3 Å². The molecule has 0 bridgehead atoms. The lowest BCUT2D eigenvalue weighted by Gasteiger charge is -2.05. The number of nitrogens with zero attached hydrogens (tertiary/aromatic N) is 3. The van der Waals surface area contributed by atoms with Crippen LogP contribution in [0.5, 0.6) is 17.5 Å². The van der Waals surface area contributed by atoms with Crippen LogP contribution in [0.15, 0.2) is 24.4 Å². The summed E-state index contributed by atoms with van der Waals surface area (Å²) in [5.41, 5.74) is 5.72. The van der Waals surface area contributed by atoms with Crippen molar-refractivity contribution in [2.24, 2.45) is 12.8 Å². The van der Waals surface area contributed by atoms with Gasteiger partial charge >= 0.3 is 6.09 Å². The number of primary amides is 1. The van der Waals surface area contributed by atoms with Gasteiger partial charge in [-0.1, -0.05) is 0 Å². The first-order chi connectivity index (χ1) is 8.54. The van der Waals surface area contributed by atoms with Crippen LogP contribution >= 0.6 is 0 Å². The van der Waals surface area contributed by atoms with Gasteiger partial charge in [-0.05, 0) is 13.0 Å². The van der Waals surface area contributed by atoms with E-state index in [4.69, 9.17) is 10.5 Å². The Balaban J connectivity index is 2.11. The maximum atomic E-state index is 10.5. The van der Waals surface area contributed by atoms with Gasteiger partial charge in [-0.3, -0.25) is 0 Å². The van der Waals surface area contributed by atoms with Gasteiger partial charge in [0.15, 0.2) is 0 Å². The van der Waals surface area contributed by atoms with Crippen LogP contribution in [0.4, 0.5) is 4.79 Å². The molecule has 0 aliphatic carbocycles. The molecular weight excluding hydrogens is 236 g/mol. The fraction of sp³-hybridized carbons (Fsp3) is 0.182. The van der Waals surface area contributed by atoms with Crippen LogP contribution < -0.4 is 15.2 Å². The van der Waals surface area contributed by atoms with E-state index < -0.39 is 6.09 Å². The molecule has 0 fully saturated rings. The zero-order valence-electron chi connectivity index (χ0n) is 9.95. The van der Waals surface area contributed by atoms with E-state index in [2.05, 4.69) is 14.8 Å². The number of carbonyl (C=O) groups is 1. The molecule has 2 aromatic heterocycles. The Morgan fingerprint density at radius 1 is 1.44 bits per heavy atom. The third-order valence-electron chi connectivity index (χ3n) is 2.10. The number of pyridine rings is 1. The van der Waals surface area contributed by atoms with Crippen LogP contribution in [-0.2, 0) is 7.05 Å². The van der Waals surface area contributed by atoms with Crippen LogP contribution in [0, 0.1) is 6.92 Å². The molecule has 2 N–H and O–H groups in total. The Bertz CT molecular complexity index is 562. The van der Waals surface area contributed by atoms with Crippen LogP contribution in [-0.4, -0.2) is 20.9 Å². The highest BCUT2D eigenvalue weighted by atomic mass is 16.6. The summed E-state index contributed by atoms with van der Waals surface area (Å²) in [4.78, 5) is 14.4. The number of aromatic nitrogens is 3. The molecule has 2 aromatic rings. The minimum atomic E-state index is -0.904. The quantitative estimate of drug-likeness (QED) is 0.885. The summed E-state index contributed by atoms with van der Waals surface area (Å²) in [6, 6.07) is 4.91. The van der Waals surface area contributed by atoms with Gasteiger partial charge in [0.25, 0.3) is 0 Å². The summed E-state index contributed by atoms with van der Waals surface area (Å²) in [6.45, 7) is 1.87. The van der Waals surface area contributed by atoms with E-state index >= 15 is 0 Å². The number of rotatable bonds is 3. The summed E-state index contributed by atoms with van der Waals surface area (Å²) in [5, 5.41) is 4.15. The van der Waals surface area contributed by atoms with Crippen molar-refractivity contribution in [2.75, 3.05) is 0 Å². The largest absolute Gasteiger partial charge is 0.438 e. The Morgan fingerprint density at radius 3 is 2.72 bits per heavy atom. The van der Waals surface area contributed by atoms with E-state index in [1.807, 2.05) is 6.92 Å². The highest BCUT2D eigenvalue weighted by Gasteiger charge is 2.06. The van der Waals surface area contributed by atoms with E-state index in [0.717, 1.165) is 5.69 Å². The molecule has 0 spiro atoms. The minimum Gasteiger partial charge on any atom is -0.438 e. The second-order valence-corrected chi connectivity index (χ2v) is 3.60. The molecule has 94 valence electrons. The number of amides is 1. The van der Waals surface area contributed by atoms with E-state index in [0.29, 0.717) is 11.6 Å². The Labute approximate surface area is 103 Å². The lowest BCUT2D eigenvalue weighted by atomic mass is 10.4. The van der Waals surface area contributed by atoms with Crippen molar-refractivity contribution in [1.29, 1.82) is 0 Å². The van der Waals surface area contributed by atoms with E-state index in [-0.39, 0.29) is 5.88 Å². The average Bonchev–Trinajstić information content (AvgIpc) is 2.59. The number of aryl methyl sites for hydroxylation is 2. The van der Waals surface area contributed by atoms with Gasteiger partial charge in [-0.2, -0.15) is 5.10 Å². The molecule has 0 radical (unpaired) electrons. The second kappa shape index (κ2) is 4.74. The summed E-state index contributed by atoms with van der Waals surface area (Å²) in [6.07, 6.45) is 0.527. The van der Waals surface area contributed by atoms with Crippen LogP contribution in [0.3, 0.4) is 0 Å². The molecule has 2 heterocycles. The van der Waals surface area contributed by atoms with Gasteiger partial charge in [0, 0.05) is 19.2 Å². The zero-order chi connectivity index (χ0) is 13.1. The van der Waals surface area contributed by atoms with Crippen molar-refractivity contribution in [2.45, 2.75) is 6.92 Å². The van der Waals surface area contributed by atoms with Crippen molar-refractivity contribution >= 4 is 6.09 Å². The standard InChI is InChI=1S/C11H12N4O3/c1-7-5-10(15(2)14-7)17-8-3-4-9(13-6-8)18-11(12)16/h3-6H,1-2H3,(H2,12,16). The molecule has 0 atom stereocenters. The van der Waals surface area contributed by atoms with Gasteiger partial charge in [-0.15, -0.1) is 0 Å². The first kappa shape index (κ1) is 11.9. The SMILES string of the molecule is Cc1cc(Oc2ccc(OC(N)=O)nc2)n(C)n1. The average molecular weight is 248 g/mol. The molecule has 0 saturated carbocycles. The highest BCUT2D eigenvalue weighted by molar-refractivity contribution is 5.67. The van der Waals surface area contributed by atoms with E-state index in [1.165, 1.54) is 12.3 Å². The third kappa shape index (κ3) is 2.76. The Kier molecular flexibility index (Phi) is 3.13. The molecule has 0 saturated heterocycles. The molecular formula is C11H12N4O3. The van der Waals surface area contributed by atoms with Crippen molar-refractivity contribution < 1.29 is 14.3 Å². The molecule has 0 aliphatic rings. The summed E-state index contributed by atoms with van der Waals surface area (Å²) in [5.74, 6) is 1.23. The highest BCUT2D eigenvalue weighted by Crippen LogP contribution is 2.22. The maximum Gasteiger partial charge on any atom is 0.411 e. The van der Waals surface area contributed by atoms with Crippen LogP contribution in [0.25, 0.3) is 0 Å². The first-order valence-corrected chi connectivity index (χ1v) is 5.16. The van der Waals surface area contributed by atoms with Crippen molar-refractivity contribution in [1.82, 2.24) is 14.8 Å². The molecule has 2 rings (SSSR count). The summed E-state index contributed by atoms with van der Waals surface area (Å²) in [7, 11) is 1.78. The number of carbonyl (C=O) groups excluding carboxylic acids is 1. The minimum absolute atomic E-state index is 0.121. The maximum absolute atomic E-state index is 10.5. The smallest absolute Gasteiger partial charge is 0.411 e. The molecule has 1 amide bonds. The fourth-order valence-corrected chi connectivity index (χ4v) is 1.39. The van der Waals surface area contributed by atoms with Gasteiger partial charge in [0.2, 0.25) is 11.8 Å². The third-order valence-corrected chi connectivity index (χ3v) is 2.10. The predicted molar refractivity (Wildman–Crippen MR) is 62.5 cm³/mol.